The highest BCUT2D eigenvalue weighted by Gasteiger charge is 2.44. The van der Waals surface area contributed by atoms with Gasteiger partial charge in [0, 0.05) is 30.7 Å². The van der Waals surface area contributed by atoms with E-state index in [4.69, 9.17) is 19.9 Å². The summed E-state index contributed by atoms with van der Waals surface area (Å²) in [5.41, 5.74) is 9.95. The second kappa shape index (κ2) is 14.2. The summed E-state index contributed by atoms with van der Waals surface area (Å²) in [6.45, 7) is 3.99. The molecule has 0 spiro atoms. The topological polar surface area (TPSA) is 118 Å². The first kappa shape index (κ1) is 33.3. The number of aliphatic hydroxyl groups is 3. The maximum atomic E-state index is 14.3. The van der Waals surface area contributed by atoms with Crippen molar-refractivity contribution < 1.29 is 38.3 Å². The maximum Gasteiger partial charge on any atom is 0.132 e. The van der Waals surface area contributed by atoms with Gasteiger partial charge in [0.2, 0.25) is 0 Å². The van der Waals surface area contributed by atoms with Crippen LogP contribution in [0.4, 0.5) is 8.78 Å². The molecule has 3 aliphatic heterocycles. The summed E-state index contributed by atoms with van der Waals surface area (Å²) in [5, 5.41) is 31.3. The zero-order valence-electron chi connectivity index (χ0n) is 26.0. The molecule has 3 aromatic carbocycles. The molecular weight excluding hydrogens is 614 g/mol. The summed E-state index contributed by atoms with van der Waals surface area (Å²) in [6, 6.07) is 16.9. The van der Waals surface area contributed by atoms with Gasteiger partial charge in [0.05, 0.1) is 6.61 Å². The Morgan fingerprint density at radius 3 is 2.50 bits per heavy atom. The molecule has 3 saturated heterocycles. The first-order valence-corrected chi connectivity index (χ1v) is 17.0. The molecule has 11 heteroatoms. The quantitative estimate of drug-likeness (QED) is 0.285. The van der Waals surface area contributed by atoms with Crippen molar-refractivity contribution in [3.05, 3.63) is 100 Å². The number of nitrogens with two attached hydrogens (primary N) is 1. The first-order valence-electron chi connectivity index (χ1n) is 15.7. The summed E-state index contributed by atoms with van der Waals surface area (Å²) in [5.74, 6) is -0.233. The van der Waals surface area contributed by atoms with E-state index in [0.717, 1.165) is 59.6 Å². The van der Waals surface area contributed by atoms with Crippen LogP contribution in [0.15, 0.2) is 60.7 Å². The molecule has 3 fully saturated rings. The van der Waals surface area contributed by atoms with Gasteiger partial charge in [-0.2, -0.15) is 0 Å². The second-order valence-corrected chi connectivity index (χ2v) is 13.6. The number of aliphatic hydroxyl groups excluding tert-OH is 3. The van der Waals surface area contributed by atoms with E-state index in [1.807, 2.05) is 49.4 Å². The van der Waals surface area contributed by atoms with E-state index in [9.17, 15) is 24.1 Å². The van der Waals surface area contributed by atoms with E-state index < -0.39 is 53.6 Å². The third kappa shape index (κ3) is 7.12. The third-order valence-corrected chi connectivity index (χ3v) is 10.3. The number of likely N-dealkylation sites (tertiary alicyclic amines) is 1. The van der Waals surface area contributed by atoms with Gasteiger partial charge in [-0.3, -0.25) is 4.90 Å². The molecular formula is C35H42F2N2O6S. The number of ether oxygens (including phenoxy) is 3. The van der Waals surface area contributed by atoms with Gasteiger partial charge in [-0.05, 0) is 85.0 Å². The Bertz CT molecular complexity index is 1500. The van der Waals surface area contributed by atoms with Crippen molar-refractivity contribution in [2.45, 2.75) is 80.3 Å². The number of thioether (sulfide) groups is 1. The fourth-order valence-corrected chi connectivity index (χ4v) is 7.48. The van der Waals surface area contributed by atoms with Gasteiger partial charge >= 0.3 is 0 Å². The minimum atomic E-state index is -1.29. The molecule has 3 aliphatic rings. The van der Waals surface area contributed by atoms with Gasteiger partial charge in [-0.25, -0.2) is 8.78 Å². The minimum absolute atomic E-state index is 0.0142. The molecule has 4 unspecified atom stereocenters. The van der Waals surface area contributed by atoms with Crippen LogP contribution in [0.3, 0.4) is 0 Å². The van der Waals surface area contributed by atoms with Crippen LogP contribution in [-0.2, 0) is 15.9 Å². The Morgan fingerprint density at radius 2 is 1.76 bits per heavy atom. The number of hydrogen-bond donors (Lipinski definition) is 4. The molecule has 9 atom stereocenters. The van der Waals surface area contributed by atoms with Crippen molar-refractivity contribution in [1.29, 1.82) is 0 Å². The van der Waals surface area contributed by atoms with Crippen molar-refractivity contribution in [3.63, 3.8) is 0 Å². The summed E-state index contributed by atoms with van der Waals surface area (Å²) in [6.07, 6.45) is -1.15. The zero-order valence-corrected chi connectivity index (χ0v) is 26.8. The summed E-state index contributed by atoms with van der Waals surface area (Å²) in [4.78, 5) is 2.31. The van der Waals surface area contributed by atoms with Crippen molar-refractivity contribution in [3.8, 4) is 5.75 Å². The Labute approximate surface area is 272 Å². The molecule has 8 nitrogen and oxygen atoms in total. The van der Waals surface area contributed by atoms with Crippen molar-refractivity contribution in [2.24, 2.45) is 5.73 Å². The Kier molecular flexibility index (Phi) is 10.3. The molecule has 3 aromatic rings. The molecule has 0 aromatic heterocycles. The maximum absolute atomic E-state index is 14.3. The average molecular weight is 657 g/mol. The molecule has 3 heterocycles. The van der Waals surface area contributed by atoms with Crippen molar-refractivity contribution in [2.75, 3.05) is 26.0 Å². The van der Waals surface area contributed by atoms with E-state index in [2.05, 4.69) is 4.90 Å². The molecule has 46 heavy (non-hydrogen) atoms. The van der Waals surface area contributed by atoms with Crippen LogP contribution < -0.4 is 10.5 Å². The number of hydrogen-bond acceptors (Lipinski definition) is 9. The fourth-order valence-electron chi connectivity index (χ4n) is 6.81. The molecule has 6 rings (SSSR count). The second-order valence-electron chi connectivity index (χ2n) is 12.6. The molecule has 0 amide bonds. The molecule has 0 saturated carbocycles. The number of nitrogens with zero attached hydrogens (tertiary/aromatic N) is 1. The molecule has 248 valence electrons. The van der Waals surface area contributed by atoms with Crippen LogP contribution in [-0.4, -0.2) is 88.1 Å². The van der Waals surface area contributed by atoms with E-state index in [1.165, 1.54) is 17.8 Å². The summed E-state index contributed by atoms with van der Waals surface area (Å²) < 4.78 is 46.3. The fraction of sp³-hybridized carbons (Fsp3) is 0.486. The van der Waals surface area contributed by atoms with E-state index in [0.29, 0.717) is 19.4 Å². The van der Waals surface area contributed by atoms with Crippen LogP contribution >= 0.6 is 11.8 Å². The molecule has 0 aliphatic carbocycles. The highest BCUT2D eigenvalue weighted by atomic mass is 32.2. The lowest BCUT2D eigenvalue weighted by molar-refractivity contribution is -0.200. The van der Waals surface area contributed by atoms with Crippen LogP contribution in [0.2, 0.25) is 0 Å². The van der Waals surface area contributed by atoms with Gasteiger partial charge in [-0.15, -0.1) is 11.8 Å². The van der Waals surface area contributed by atoms with Crippen molar-refractivity contribution in [1.82, 2.24) is 4.90 Å². The van der Waals surface area contributed by atoms with E-state index in [1.54, 1.807) is 6.26 Å². The predicted octanol–water partition coefficient (Wildman–Crippen LogP) is 4.02. The van der Waals surface area contributed by atoms with Crippen molar-refractivity contribution >= 4 is 11.8 Å². The van der Waals surface area contributed by atoms with Crippen LogP contribution in [0.1, 0.15) is 52.9 Å². The molecule has 0 radical (unpaired) electrons. The molecule has 5 N–H and O–H groups in total. The van der Waals surface area contributed by atoms with Crippen LogP contribution in [0.5, 0.6) is 5.75 Å². The Balaban J connectivity index is 1.03. The number of aryl methyl sites for hydroxylation is 1. The largest absolute Gasteiger partial charge is 0.489 e. The summed E-state index contributed by atoms with van der Waals surface area (Å²) in [7, 11) is 0. The third-order valence-electron chi connectivity index (χ3n) is 9.48. The standard InChI is InChI=1S/C35H42F2N2O6S/c1-19-3-6-21(33-31(41)30(40)32(42)35(45-33)46-2)14-22(19)13-20-4-8-25(9-5-20)44-26-11-12-39(17-26)24-16-29(38)34(43-18-24)27-15-23(36)7-10-28(27)37/h3-10,14-15,24,26,29-35,40-42H,11-13,16-18,38H2,1-2H3/t24?,26?,29?,30-,31-,32+,33+,34?,35-/m1/s1. The lowest BCUT2D eigenvalue weighted by Crippen LogP contribution is -2.52. The van der Waals surface area contributed by atoms with Crippen LogP contribution in [0, 0.1) is 18.6 Å². The lowest BCUT2D eigenvalue weighted by atomic mass is 9.91. The Morgan fingerprint density at radius 1 is 0.978 bits per heavy atom. The normalized spacial score (nSPS) is 32.0. The number of rotatable bonds is 8. The number of benzene rings is 3. The predicted molar refractivity (Wildman–Crippen MR) is 172 cm³/mol. The first-order chi connectivity index (χ1) is 22.1. The lowest BCUT2D eigenvalue weighted by Gasteiger charge is -2.40. The smallest absolute Gasteiger partial charge is 0.132 e. The monoisotopic (exact) mass is 656 g/mol. The highest BCUT2D eigenvalue weighted by molar-refractivity contribution is 7.99. The SMILES string of the molecule is CS[C@H]1O[C@@H](c2ccc(C)c(Cc3ccc(OC4CCN(C5COC(c6cc(F)ccc6F)C(N)C5)C4)cc3)c2)[C@H](O)[C@@H](O)[C@@H]1O. The van der Waals surface area contributed by atoms with Gasteiger partial charge in [-0.1, -0.05) is 30.3 Å². The van der Waals surface area contributed by atoms with E-state index >= 15 is 0 Å². The summed E-state index contributed by atoms with van der Waals surface area (Å²) >= 11 is 1.30. The zero-order chi connectivity index (χ0) is 32.5. The Hall–Kier alpha value is -2.61. The number of halogens is 2. The van der Waals surface area contributed by atoms with Gasteiger partial charge in [0.1, 0.15) is 59.4 Å². The van der Waals surface area contributed by atoms with Gasteiger partial charge in [0.25, 0.3) is 0 Å². The minimum Gasteiger partial charge on any atom is -0.489 e. The van der Waals surface area contributed by atoms with Gasteiger partial charge in [0.15, 0.2) is 0 Å². The average Bonchev–Trinajstić information content (AvgIpc) is 3.52. The van der Waals surface area contributed by atoms with Gasteiger partial charge < -0.3 is 35.3 Å². The van der Waals surface area contributed by atoms with E-state index in [-0.39, 0.29) is 17.7 Å². The molecule has 0 bridgehead atoms. The van der Waals surface area contributed by atoms with Crippen LogP contribution in [0.25, 0.3) is 0 Å². The highest BCUT2D eigenvalue weighted by Crippen LogP contribution is 2.37.